The van der Waals surface area contributed by atoms with Crippen LogP contribution in [0, 0.1) is 0 Å². The summed E-state index contributed by atoms with van der Waals surface area (Å²) >= 11 is 0. The molecule has 21 heavy (non-hydrogen) atoms. The number of benzene rings is 1. The van der Waals surface area contributed by atoms with Crippen molar-refractivity contribution in [3.8, 4) is 5.75 Å². The third-order valence-electron chi connectivity index (χ3n) is 2.69. The lowest BCUT2D eigenvalue weighted by atomic mass is 10.1. The van der Waals surface area contributed by atoms with Crippen molar-refractivity contribution in [1.82, 2.24) is 5.43 Å². The van der Waals surface area contributed by atoms with Gasteiger partial charge in [0.25, 0.3) is 0 Å². The van der Waals surface area contributed by atoms with Crippen LogP contribution >= 0.6 is 0 Å². The number of halogens is 4. The second-order valence-electron chi connectivity index (χ2n) is 4.30. The van der Waals surface area contributed by atoms with E-state index in [1.807, 2.05) is 6.92 Å². The van der Waals surface area contributed by atoms with E-state index in [0.29, 0.717) is 17.9 Å². The maximum Gasteiger partial charge on any atom is 0.330 e. The minimum absolute atomic E-state index is 0.257. The second-order valence-corrected chi connectivity index (χ2v) is 4.30. The Labute approximate surface area is 120 Å². The van der Waals surface area contributed by atoms with Crippen molar-refractivity contribution in [3.63, 3.8) is 0 Å². The summed E-state index contributed by atoms with van der Waals surface area (Å²) in [6, 6.07) is 6.16. The molecule has 1 rings (SSSR count). The number of hydrogen-bond donors (Lipinski definition) is 2. The van der Waals surface area contributed by atoms with E-state index < -0.39 is 25.0 Å². The Bertz CT molecular complexity index is 415. The molecule has 0 radical (unpaired) electrons. The highest BCUT2D eigenvalue weighted by molar-refractivity contribution is 5.29. The van der Waals surface area contributed by atoms with E-state index in [1.165, 1.54) is 0 Å². The van der Waals surface area contributed by atoms with E-state index in [2.05, 4.69) is 10.2 Å². The predicted octanol–water partition coefficient (Wildman–Crippen LogP) is 2.51. The molecule has 0 aliphatic carbocycles. The molecule has 0 saturated carbocycles. The summed E-state index contributed by atoms with van der Waals surface area (Å²) in [5.41, 5.74) is 3.05. The second kappa shape index (κ2) is 8.16. The molecule has 3 N–H and O–H groups in total. The van der Waals surface area contributed by atoms with Gasteiger partial charge in [0.15, 0.2) is 0 Å². The van der Waals surface area contributed by atoms with E-state index >= 15 is 0 Å². The van der Waals surface area contributed by atoms with E-state index in [0.717, 1.165) is 0 Å². The van der Waals surface area contributed by atoms with Crippen LogP contribution in [0.1, 0.15) is 18.5 Å². The van der Waals surface area contributed by atoms with Crippen molar-refractivity contribution in [2.45, 2.75) is 25.3 Å². The average Bonchev–Trinajstić information content (AvgIpc) is 2.45. The minimum Gasteiger partial charge on any atom is -0.494 e. The maximum atomic E-state index is 12.7. The number of nitrogens with two attached hydrogens (primary N) is 1. The van der Waals surface area contributed by atoms with Crippen LogP contribution in [0.25, 0.3) is 0 Å². The molecular formula is C13H18F4N2O2. The van der Waals surface area contributed by atoms with Gasteiger partial charge in [-0.15, -0.1) is 0 Å². The number of ether oxygens (including phenoxy) is 2. The Kier molecular flexibility index (Phi) is 6.86. The van der Waals surface area contributed by atoms with Gasteiger partial charge in [0.05, 0.1) is 19.3 Å². The number of hydrogen-bond acceptors (Lipinski definition) is 4. The number of alkyl halides is 4. The lowest BCUT2D eigenvalue weighted by Crippen LogP contribution is -2.36. The molecule has 1 atom stereocenters. The van der Waals surface area contributed by atoms with Gasteiger partial charge in [-0.25, -0.2) is 8.78 Å². The molecule has 0 aromatic heterocycles. The molecule has 0 fully saturated rings. The molecule has 120 valence electrons. The highest BCUT2D eigenvalue weighted by Gasteiger charge is 2.41. The Balaban J connectivity index is 2.55. The first-order chi connectivity index (χ1) is 9.90. The van der Waals surface area contributed by atoms with Crippen LogP contribution in [0.3, 0.4) is 0 Å². The normalized spacial score (nSPS) is 13.5. The monoisotopic (exact) mass is 310 g/mol. The summed E-state index contributed by atoms with van der Waals surface area (Å²) in [5.74, 6) is 1.80. The van der Waals surface area contributed by atoms with Gasteiger partial charge in [-0.2, -0.15) is 8.78 Å². The molecule has 1 aromatic rings. The molecule has 0 spiro atoms. The van der Waals surface area contributed by atoms with Gasteiger partial charge in [-0.05, 0) is 24.6 Å². The largest absolute Gasteiger partial charge is 0.494 e. The summed E-state index contributed by atoms with van der Waals surface area (Å²) in [6.07, 6.45) is -3.76. The van der Waals surface area contributed by atoms with E-state index in [9.17, 15) is 17.6 Å². The lowest BCUT2D eigenvalue weighted by molar-refractivity contribution is -0.167. The molecule has 0 aliphatic heterocycles. The van der Waals surface area contributed by atoms with Gasteiger partial charge >= 0.3 is 12.3 Å². The van der Waals surface area contributed by atoms with E-state index in [1.54, 1.807) is 24.3 Å². The number of rotatable bonds is 9. The number of hydrazine groups is 1. The first-order valence-electron chi connectivity index (χ1n) is 6.33. The maximum absolute atomic E-state index is 12.7. The first-order valence-corrected chi connectivity index (χ1v) is 6.33. The summed E-state index contributed by atoms with van der Waals surface area (Å²) in [4.78, 5) is 0. The summed E-state index contributed by atoms with van der Waals surface area (Å²) < 4.78 is 59.2. The van der Waals surface area contributed by atoms with Crippen LogP contribution in [0.15, 0.2) is 24.3 Å². The highest BCUT2D eigenvalue weighted by Crippen LogP contribution is 2.24. The molecule has 0 heterocycles. The van der Waals surface area contributed by atoms with Crippen molar-refractivity contribution in [1.29, 1.82) is 0 Å². The smallest absolute Gasteiger partial charge is 0.330 e. The Morgan fingerprint density at radius 1 is 1.24 bits per heavy atom. The van der Waals surface area contributed by atoms with Gasteiger partial charge in [0.2, 0.25) is 0 Å². The molecule has 1 unspecified atom stereocenters. The van der Waals surface area contributed by atoms with Crippen LogP contribution in [0.2, 0.25) is 0 Å². The lowest BCUT2D eigenvalue weighted by Gasteiger charge is -2.20. The quantitative estimate of drug-likeness (QED) is 0.418. The fourth-order valence-corrected chi connectivity index (χ4v) is 1.58. The van der Waals surface area contributed by atoms with Crippen LogP contribution in [0.5, 0.6) is 5.75 Å². The van der Waals surface area contributed by atoms with Gasteiger partial charge in [0, 0.05) is 0 Å². The molecule has 0 bridgehead atoms. The zero-order chi connectivity index (χ0) is 15.9. The average molecular weight is 310 g/mol. The van der Waals surface area contributed by atoms with Crippen LogP contribution in [-0.4, -0.2) is 32.2 Å². The van der Waals surface area contributed by atoms with Gasteiger partial charge in [-0.1, -0.05) is 12.1 Å². The Morgan fingerprint density at radius 2 is 1.86 bits per heavy atom. The minimum atomic E-state index is -4.17. The molecular weight excluding hydrogens is 292 g/mol. The summed E-state index contributed by atoms with van der Waals surface area (Å²) in [5, 5.41) is 0. The molecule has 0 saturated heterocycles. The first kappa shape index (κ1) is 17.7. The summed E-state index contributed by atoms with van der Waals surface area (Å²) in [7, 11) is 0. The molecule has 0 aliphatic rings. The standard InChI is InChI=1S/C13H18F4N2O2/c1-2-21-10-5-3-9(4-6-10)11(19-18)7-20-8-13(16,17)12(14)15/h3-6,11-12,19H,2,7-8,18H2,1H3. The molecule has 4 nitrogen and oxygen atoms in total. The fraction of sp³-hybridized carbons (Fsp3) is 0.538. The third-order valence-corrected chi connectivity index (χ3v) is 2.69. The zero-order valence-corrected chi connectivity index (χ0v) is 11.5. The van der Waals surface area contributed by atoms with Crippen molar-refractivity contribution in [2.75, 3.05) is 19.8 Å². The molecule has 0 amide bonds. The third kappa shape index (κ3) is 5.49. The van der Waals surface area contributed by atoms with Crippen LogP contribution in [-0.2, 0) is 4.74 Å². The van der Waals surface area contributed by atoms with Gasteiger partial charge in [0.1, 0.15) is 12.4 Å². The van der Waals surface area contributed by atoms with Gasteiger partial charge < -0.3 is 9.47 Å². The van der Waals surface area contributed by atoms with Crippen LogP contribution in [0.4, 0.5) is 17.6 Å². The van der Waals surface area contributed by atoms with E-state index in [4.69, 9.17) is 10.6 Å². The Hall–Kier alpha value is -1.38. The van der Waals surface area contributed by atoms with Crippen LogP contribution < -0.4 is 16.0 Å². The zero-order valence-electron chi connectivity index (χ0n) is 11.5. The van der Waals surface area contributed by atoms with Crippen molar-refractivity contribution in [2.24, 2.45) is 5.84 Å². The fourth-order valence-electron chi connectivity index (χ4n) is 1.58. The van der Waals surface area contributed by atoms with E-state index in [-0.39, 0.29) is 6.61 Å². The predicted molar refractivity (Wildman–Crippen MR) is 69.4 cm³/mol. The topological polar surface area (TPSA) is 56.5 Å². The summed E-state index contributed by atoms with van der Waals surface area (Å²) in [6.45, 7) is 0.742. The van der Waals surface area contributed by atoms with Crippen molar-refractivity contribution in [3.05, 3.63) is 29.8 Å². The highest BCUT2D eigenvalue weighted by atomic mass is 19.3. The van der Waals surface area contributed by atoms with Crippen molar-refractivity contribution < 1.29 is 27.0 Å². The van der Waals surface area contributed by atoms with Gasteiger partial charge in [-0.3, -0.25) is 11.3 Å². The SMILES string of the molecule is CCOc1ccc(C(COCC(F)(F)C(F)F)NN)cc1. The molecule has 1 aromatic carbocycles. The van der Waals surface area contributed by atoms with Crippen molar-refractivity contribution >= 4 is 0 Å². The molecule has 8 heteroatoms. The Morgan fingerprint density at radius 3 is 2.33 bits per heavy atom. The number of nitrogens with one attached hydrogen (secondary N) is 1.